The summed E-state index contributed by atoms with van der Waals surface area (Å²) in [7, 11) is 0. The number of hydrogen-bond acceptors (Lipinski definition) is 3. The van der Waals surface area contributed by atoms with Gasteiger partial charge in [0.05, 0.1) is 13.2 Å². The van der Waals surface area contributed by atoms with Gasteiger partial charge in [-0.1, -0.05) is 108 Å². The second kappa shape index (κ2) is 18.2. The molecule has 3 aromatic rings. The van der Waals surface area contributed by atoms with Crippen molar-refractivity contribution in [2.45, 2.75) is 104 Å². The topological polar surface area (TPSA) is 42.4 Å². The van der Waals surface area contributed by atoms with Gasteiger partial charge in [0.25, 0.3) is 0 Å². The Morgan fingerprint density at radius 2 is 1.31 bits per heavy atom. The number of rotatable bonds is 19. The summed E-state index contributed by atoms with van der Waals surface area (Å²) in [6.07, 6.45) is 20.7. The SMILES string of the molecule is CCCCCCCCCCCCCCOc1ccc(CN(C(C)=O)c2ccc(Cc3cccnc3)cc2)cc1. The number of pyridine rings is 1. The van der Waals surface area contributed by atoms with Crippen LogP contribution in [0.4, 0.5) is 5.69 Å². The van der Waals surface area contributed by atoms with Crippen molar-refractivity contribution in [3.05, 3.63) is 89.7 Å². The Bertz CT molecular complexity index is 1050. The van der Waals surface area contributed by atoms with Gasteiger partial charge in [-0.2, -0.15) is 0 Å². The van der Waals surface area contributed by atoms with Gasteiger partial charge in [-0.3, -0.25) is 9.78 Å². The lowest BCUT2D eigenvalue weighted by molar-refractivity contribution is -0.116. The molecule has 39 heavy (non-hydrogen) atoms. The number of amides is 1. The number of nitrogens with zero attached hydrogens (tertiary/aromatic N) is 2. The van der Waals surface area contributed by atoms with Crippen LogP contribution in [0.1, 0.15) is 108 Å². The van der Waals surface area contributed by atoms with Crippen LogP contribution in [0, 0.1) is 0 Å². The van der Waals surface area contributed by atoms with E-state index in [4.69, 9.17) is 4.74 Å². The maximum atomic E-state index is 12.4. The largest absolute Gasteiger partial charge is 0.494 e. The van der Waals surface area contributed by atoms with Gasteiger partial charge in [0.1, 0.15) is 5.75 Å². The fraction of sp³-hybridized carbons (Fsp3) is 0.486. The van der Waals surface area contributed by atoms with E-state index in [1.165, 1.54) is 81.8 Å². The third kappa shape index (κ3) is 12.1. The van der Waals surface area contributed by atoms with Crippen LogP contribution in [0.2, 0.25) is 0 Å². The van der Waals surface area contributed by atoms with Crippen LogP contribution in [0.15, 0.2) is 73.1 Å². The number of carbonyl (C=O) groups excluding carboxylic acids is 1. The Morgan fingerprint density at radius 1 is 0.718 bits per heavy atom. The van der Waals surface area contributed by atoms with Crippen LogP contribution in [0.3, 0.4) is 0 Å². The van der Waals surface area contributed by atoms with Crippen LogP contribution < -0.4 is 9.64 Å². The molecular weight excluding hydrogens is 480 g/mol. The van der Waals surface area contributed by atoms with E-state index in [1.54, 1.807) is 13.1 Å². The van der Waals surface area contributed by atoms with Crippen molar-refractivity contribution < 1.29 is 9.53 Å². The quantitative estimate of drug-likeness (QED) is 0.146. The Morgan fingerprint density at radius 3 is 1.87 bits per heavy atom. The highest BCUT2D eigenvalue weighted by molar-refractivity contribution is 5.91. The average molecular weight is 529 g/mol. The summed E-state index contributed by atoms with van der Waals surface area (Å²) in [4.78, 5) is 18.4. The fourth-order valence-corrected chi connectivity index (χ4v) is 4.92. The molecule has 210 valence electrons. The first-order chi connectivity index (χ1) is 19.2. The first-order valence-corrected chi connectivity index (χ1v) is 15.1. The molecule has 1 amide bonds. The van der Waals surface area contributed by atoms with Gasteiger partial charge in [-0.05, 0) is 59.9 Å². The summed E-state index contributed by atoms with van der Waals surface area (Å²) in [6.45, 7) is 5.20. The van der Waals surface area contributed by atoms with E-state index in [9.17, 15) is 4.79 Å². The van der Waals surface area contributed by atoms with Crippen molar-refractivity contribution in [1.29, 1.82) is 0 Å². The maximum absolute atomic E-state index is 12.4. The molecular formula is C35H48N2O2. The minimum Gasteiger partial charge on any atom is -0.494 e. The molecule has 0 bridgehead atoms. The lowest BCUT2D eigenvalue weighted by atomic mass is 10.1. The first kappa shape index (κ1) is 30.4. The van der Waals surface area contributed by atoms with E-state index in [-0.39, 0.29) is 5.91 Å². The number of hydrogen-bond donors (Lipinski definition) is 0. The lowest BCUT2D eigenvalue weighted by Gasteiger charge is -2.22. The van der Waals surface area contributed by atoms with Crippen molar-refractivity contribution in [2.24, 2.45) is 0 Å². The Balaban J connectivity index is 1.33. The third-order valence-electron chi connectivity index (χ3n) is 7.29. The summed E-state index contributed by atoms with van der Waals surface area (Å²) in [5.41, 5.74) is 4.37. The fourth-order valence-electron chi connectivity index (χ4n) is 4.92. The van der Waals surface area contributed by atoms with Crippen LogP contribution in [0.5, 0.6) is 5.75 Å². The molecule has 0 atom stereocenters. The number of benzene rings is 2. The van der Waals surface area contributed by atoms with Crippen LogP contribution in [-0.4, -0.2) is 17.5 Å². The number of anilines is 1. The van der Waals surface area contributed by atoms with Gasteiger partial charge >= 0.3 is 0 Å². The molecule has 0 unspecified atom stereocenters. The summed E-state index contributed by atoms with van der Waals surface area (Å²) in [5.74, 6) is 0.929. The standard InChI is InChI=1S/C35H48N2O2/c1-3-4-5-6-7-8-9-10-11-12-13-14-26-39-35-23-19-32(20-24-35)29-37(30(2)38)34-21-17-31(18-22-34)27-33-16-15-25-36-28-33/h15-25,28H,3-14,26-27,29H2,1-2H3. The van der Waals surface area contributed by atoms with Crippen LogP contribution in [-0.2, 0) is 17.8 Å². The molecule has 0 fully saturated rings. The van der Waals surface area contributed by atoms with Gasteiger partial charge < -0.3 is 9.64 Å². The number of carbonyl (C=O) groups is 1. The molecule has 1 aromatic heterocycles. The highest BCUT2D eigenvalue weighted by Gasteiger charge is 2.12. The van der Waals surface area contributed by atoms with E-state index in [2.05, 4.69) is 42.2 Å². The number of aromatic nitrogens is 1. The lowest BCUT2D eigenvalue weighted by Crippen LogP contribution is -2.27. The minimum atomic E-state index is 0.0299. The van der Waals surface area contributed by atoms with E-state index in [1.807, 2.05) is 41.4 Å². The average Bonchev–Trinajstić information content (AvgIpc) is 2.96. The zero-order valence-electron chi connectivity index (χ0n) is 24.2. The third-order valence-corrected chi connectivity index (χ3v) is 7.29. The Hall–Kier alpha value is -3.14. The molecule has 0 saturated heterocycles. The molecule has 1 heterocycles. The van der Waals surface area contributed by atoms with Crippen molar-refractivity contribution in [1.82, 2.24) is 4.98 Å². The molecule has 3 rings (SSSR count). The van der Waals surface area contributed by atoms with Crippen LogP contribution >= 0.6 is 0 Å². The number of ether oxygens (including phenoxy) is 1. The Labute approximate surface area is 236 Å². The van der Waals surface area contributed by atoms with Gasteiger partial charge in [-0.25, -0.2) is 0 Å². The first-order valence-electron chi connectivity index (χ1n) is 15.1. The van der Waals surface area contributed by atoms with E-state index >= 15 is 0 Å². The molecule has 4 heteroatoms. The molecule has 0 aliphatic heterocycles. The van der Waals surface area contributed by atoms with Gasteiger partial charge in [0.15, 0.2) is 0 Å². The second-order valence-corrected chi connectivity index (χ2v) is 10.7. The molecule has 0 radical (unpaired) electrons. The highest BCUT2D eigenvalue weighted by Crippen LogP contribution is 2.21. The molecule has 0 N–H and O–H groups in total. The van der Waals surface area contributed by atoms with Gasteiger partial charge in [-0.15, -0.1) is 0 Å². The molecule has 0 aliphatic rings. The molecule has 4 nitrogen and oxygen atoms in total. The van der Waals surface area contributed by atoms with Crippen molar-refractivity contribution in [2.75, 3.05) is 11.5 Å². The summed E-state index contributed by atoms with van der Waals surface area (Å²) < 4.78 is 5.97. The van der Waals surface area contributed by atoms with E-state index in [0.29, 0.717) is 6.54 Å². The second-order valence-electron chi connectivity index (χ2n) is 10.7. The van der Waals surface area contributed by atoms with Crippen molar-refractivity contribution >= 4 is 11.6 Å². The molecule has 0 aliphatic carbocycles. The maximum Gasteiger partial charge on any atom is 0.224 e. The predicted molar refractivity (Wildman–Crippen MR) is 163 cm³/mol. The summed E-state index contributed by atoms with van der Waals surface area (Å²) in [6, 6.07) is 20.4. The predicted octanol–water partition coefficient (Wildman–Crippen LogP) is 9.31. The smallest absolute Gasteiger partial charge is 0.224 e. The summed E-state index contributed by atoms with van der Waals surface area (Å²) >= 11 is 0. The minimum absolute atomic E-state index is 0.0299. The Kier molecular flexibility index (Phi) is 14.2. The van der Waals surface area contributed by atoms with E-state index < -0.39 is 0 Å². The molecule has 2 aromatic carbocycles. The van der Waals surface area contributed by atoms with Crippen molar-refractivity contribution in [3.63, 3.8) is 0 Å². The van der Waals surface area contributed by atoms with Crippen molar-refractivity contribution in [3.8, 4) is 5.75 Å². The molecule has 0 saturated carbocycles. The molecule has 0 spiro atoms. The van der Waals surface area contributed by atoms with Crippen LogP contribution in [0.25, 0.3) is 0 Å². The highest BCUT2D eigenvalue weighted by atomic mass is 16.5. The van der Waals surface area contributed by atoms with Gasteiger partial charge in [0, 0.05) is 25.0 Å². The monoisotopic (exact) mass is 528 g/mol. The van der Waals surface area contributed by atoms with Gasteiger partial charge in [0.2, 0.25) is 5.91 Å². The normalized spacial score (nSPS) is 10.9. The number of unbranched alkanes of at least 4 members (excludes halogenated alkanes) is 11. The van der Waals surface area contributed by atoms with E-state index in [0.717, 1.165) is 36.4 Å². The summed E-state index contributed by atoms with van der Waals surface area (Å²) in [5, 5.41) is 0. The zero-order valence-corrected chi connectivity index (χ0v) is 24.2. The zero-order chi connectivity index (χ0) is 27.5.